The topological polar surface area (TPSA) is 69.6 Å². The molecule has 1 amide bonds. The van der Waals surface area contributed by atoms with Gasteiger partial charge in [-0.05, 0) is 32.1 Å². The van der Waals surface area contributed by atoms with Gasteiger partial charge in [0.2, 0.25) is 5.91 Å². The maximum atomic E-state index is 12.3. The Labute approximate surface area is 288 Å². The van der Waals surface area contributed by atoms with Crippen LogP contribution in [0.1, 0.15) is 232 Å². The van der Waals surface area contributed by atoms with Crippen LogP contribution >= 0.6 is 0 Å². The lowest BCUT2D eigenvalue weighted by Crippen LogP contribution is -2.45. The average molecular weight is 650 g/mol. The minimum absolute atomic E-state index is 0.0443. The molecule has 0 saturated heterocycles. The zero-order chi connectivity index (χ0) is 33.6. The van der Waals surface area contributed by atoms with Gasteiger partial charge in [0, 0.05) is 6.42 Å². The number of allylic oxidation sites excluding steroid dienone is 2. The molecular formula is C42H83NO3. The zero-order valence-electron chi connectivity index (χ0n) is 31.4. The van der Waals surface area contributed by atoms with Crippen LogP contribution in [0.15, 0.2) is 12.2 Å². The summed E-state index contributed by atoms with van der Waals surface area (Å²) in [6.45, 7) is 4.32. The van der Waals surface area contributed by atoms with Crippen molar-refractivity contribution < 1.29 is 15.0 Å². The number of aliphatic hydroxyl groups excluding tert-OH is 2. The van der Waals surface area contributed by atoms with E-state index in [-0.39, 0.29) is 12.5 Å². The summed E-state index contributed by atoms with van der Waals surface area (Å²) in [5.41, 5.74) is 0. The average Bonchev–Trinajstić information content (AvgIpc) is 3.06. The molecule has 0 aromatic rings. The van der Waals surface area contributed by atoms with Gasteiger partial charge in [0.15, 0.2) is 0 Å². The van der Waals surface area contributed by atoms with Crippen molar-refractivity contribution in [1.29, 1.82) is 0 Å². The Balaban J connectivity index is 3.43. The number of hydrogen-bond acceptors (Lipinski definition) is 3. The molecule has 0 aliphatic rings. The number of amides is 1. The molecular weight excluding hydrogens is 566 g/mol. The van der Waals surface area contributed by atoms with E-state index < -0.39 is 12.1 Å². The number of rotatable bonds is 38. The van der Waals surface area contributed by atoms with E-state index in [0.29, 0.717) is 12.8 Å². The Morgan fingerprint density at radius 1 is 0.500 bits per heavy atom. The minimum atomic E-state index is -0.659. The molecule has 0 bridgehead atoms. The van der Waals surface area contributed by atoms with Crippen LogP contribution < -0.4 is 5.32 Å². The molecule has 0 spiro atoms. The molecule has 274 valence electrons. The molecule has 0 fully saturated rings. The lowest BCUT2D eigenvalue weighted by atomic mass is 10.0. The van der Waals surface area contributed by atoms with Gasteiger partial charge in [0.1, 0.15) is 0 Å². The van der Waals surface area contributed by atoms with Crippen molar-refractivity contribution in [3.8, 4) is 0 Å². The van der Waals surface area contributed by atoms with E-state index >= 15 is 0 Å². The van der Waals surface area contributed by atoms with Crippen LogP contribution in [0, 0.1) is 0 Å². The second kappa shape index (κ2) is 38.6. The molecule has 2 atom stereocenters. The van der Waals surface area contributed by atoms with Crippen LogP contribution in [0.2, 0.25) is 0 Å². The summed E-state index contributed by atoms with van der Waals surface area (Å²) < 4.78 is 0. The van der Waals surface area contributed by atoms with Crippen molar-refractivity contribution in [2.75, 3.05) is 6.61 Å². The fourth-order valence-corrected chi connectivity index (χ4v) is 6.52. The zero-order valence-corrected chi connectivity index (χ0v) is 31.4. The fourth-order valence-electron chi connectivity index (χ4n) is 6.52. The molecule has 2 unspecified atom stereocenters. The van der Waals surface area contributed by atoms with Crippen molar-refractivity contribution in [1.82, 2.24) is 5.32 Å². The molecule has 46 heavy (non-hydrogen) atoms. The van der Waals surface area contributed by atoms with Crippen molar-refractivity contribution >= 4 is 5.91 Å². The molecule has 0 aliphatic carbocycles. The smallest absolute Gasteiger partial charge is 0.220 e. The first kappa shape index (κ1) is 45.1. The molecule has 0 saturated carbocycles. The summed E-state index contributed by atoms with van der Waals surface area (Å²) in [6.07, 6.45) is 47.2. The molecule has 0 radical (unpaired) electrons. The number of hydrogen-bond donors (Lipinski definition) is 3. The van der Waals surface area contributed by atoms with Gasteiger partial charge in [-0.15, -0.1) is 0 Å². The van der Waals surface area contributed by atoms with E-state index in [1.54, 1.807) is 0 Å². The van der Waals surface area contributed by atoms with Gasteiger partial charge in [-0.1, -0.05) is 206 Å². The Morgan fingerprint density at radius 3 is 1.26 bits per heavy atom. The number of carbonyl (C=O) groups excluding carboxylic acids is 1. The van der Waals surface area contributed by atoms with Gasteiger partial charge in [-0.2, -0.15) is 0 Å². The van der Waals surface area contributed by atoms with E-state index in [1.165, 1.54) is 167 Å². The number of nitrogens with one attached hydrogen (secondary N) is 1. The first-order valence-corrected chi connectivity index (χ1v) is 20.9. The number of unbranched alkanes of at least 4 members (excludes halogenated alkanes) is 29. The van der Waals surface area contributed by atoms with Crippen LogP contribution in [0.25, 0.3) is 0 Å². The summed E-state index contributed by atoms with van der Waals surface area (Å²) in [6, 6.07) is -0.537. The highest BCUT2D eigenvalue weighted by Gasteiger charge is 2.19. The van der Waals surface area contributed by atoms with Crippen LogP contribution in [-0.4, -0.2) is 34.9 Å². The molecule has 4 nitrogen and oxygen atoms in total. The van der Waals surface area contributed by atoms with Crippen molar-refractivity contribution in [2.45, 2.75) is 244 Å². The summed E-state index contributed by atoms with van der Waals surface area (Å²) in [5.74, 6) is -0.0443. The van der Waals surface area contributed by atoms with E-state index in [4.69, 9.17) is 0 Å². The normalized spacial score (nSPS) is 13.0. The highest BCUT2D eigenvalue weighted by atomic mass is 16.3. The Morgan fingerprint density at radius 2 is 0.848 bits per heavy atom. The third-order valence-corrected chi connectivity index (χ3v) is 9.78. The molecule has 0 aromatic carbocycles. The number of aliphatic hydroxyl groups is 2. The second-order valence-corrected chi connectivity index (χ2v) is 14.4. The first-order valence-electron chi connectivity index (χ1n) is 20.9. The maximum absolute atomic E-state index is 12.3. The van der Waals surface area contributed by atoms with Crippen LogP contribution in [0.4, 0.5) is 0 Å². The summed E-state index contributed by atoms with van der Waals surface area (Å²) in [4.78, 5) is 12.3. The van der Waals surface area contributed by atoms with Crippen LogP contribution in [-0.2, 0) is 4.79 Å². The van der Waals surface area contributed by atoms with Crippen LogP contribution in [0.3, 0.4) is 0 Å². The quantitative estimate of drug-likeness (QED) is 0.0460. The summed E-state index contributed by atoms with van der Waals surface area (Å²) >= 11 is 0. The first-order chi connectivity index (χ1) is 22.7. The monoisotopic (exact) mass is 650 g/mol. The summed E-state index contributed by atoms with van der Waals surface area (Å²) in [5, 5.41) is 23.1. The van der Waals surface area contributed by atoms with Gasteiger partial charge in [-0.25, -0.2) is 0 Å². The van der Waals surface area contributed by atoms with Gasteiger partial charge < -0.3 is 15.5 Å². The second-order valence-electron chi connectivity index (χ2n) is 14.4. The predicted octanol–water partition coefficient (Wildman–Crippen LogP) is 12.7. The van der Waals surface area contributed by atoms with E-state index in [2.05, 4.69) is 31.3 Å². The molecule has 0 aromatic heterocycles. The molecule has 3 N–H and O–H groups in total. The summed E-state index contributed by atoms with van der Waals surface area (Å²) in [7, 11) is 0. The van der Waals surface area contributed by atoms with Gasteiger partial charge >= 0.3 is 0 Å². The lowest BCUT2D eigenvalue weighted by molar-refractivity contribution is -0.123. The third kappa shape index (κ3) is 34.5. The Kier molecular flexibility index (Phi) is 37.8. The van der Waals surface area contributed by atoms with E-state index in [0.717, 1.165) is 38.5 Å². The fraction of sp³-hybridized carbons (Fsp3) is 0.929. The van der Waals surface area contributed by atoms with Crippen molar-refractivity contribution in [3.05, 3.63) is 12.2 Å². The van der Waals surface area contributed by atoms with E-state index in [1.807, 2.05) is 0 Å². The maximum Gasteiger partial charge on any atom is 0.220 e. The molecule has 0 rings (SSSR count). The lowest BCUT2D eigenvalue weighted by Gasteiger charge is -2.22. The van der Waals surface area contributed by atoms with E-state index in [9.17, 15) is 15.0 Å². The standard InChI is InChI=1S/C42H83NO3/c1-3-5-7-9-11-13-15-16-17-18-19-20-21-22-23-24-25-26-27-28-29-31-33-35-37-41(45)40(39-44)43-42(46)38-36-34-32-30-14-12-10-8-6-4-2/h10,12,40-41,44-45H,3-9,11,13-39H2,1-2H3,(H,43,46)/b12-10-. The Hall–Kier alpha value is -0.870. The van der Waals surface area contributed by atoms with Crippen LogP contribution in [0.5, 0.6) is 0 Å². The third-order valence-electron chi connectivity index (χ3n) is 9.78. The largest absolute Gasteiger partial charge is 0.394 e. The molecule has 4 heteroatoms. The van der Waals surface area contributed by atoms with Crippen molar-refractivity contribution in [3.63, 3.8) is 0 Å². The van der Waals surface area contributed by atoms with Gasteiger partial charge in [0.05, 0.1) is 18.8 Å². The minimum Gasteiger partial charge on any atom is -0.394 e. The van der Waals surface area contributed by atoms with Crippen molar-refractivity contribution in [2.24, 2.45) is 0 Å². The predicted molar refractivity (Wildman–Crippen MR) is 202 cm³/mol. The highest BCUT2D eigenvalue weighted by Crippen LogP contribution is 2.16. The Bertz CT molecular complexity index is 622. The SMILES string of the molecule is CCCC/C=C\CCCCCCC(=O)NC(CO)C(O)CCCCCCCCCCCCCCCCCCCCCCCCCC. The number of carbonyl (C=O) groups is 1. The molecule has 0 aliphatic heterocycles. The highest BCUT2D eigenvalue weighted by molar-refractivity contribution is 5.76. The van der Waals surface area contributed by atoms with Gasteiger partial charge in [0.25, 0.3) is 0 Å². The molecule has 0 heterocycles. The van der Waals surface area contributed by atoms with Gasteiger partial charge in [-0.3, -0.25) is 4.79 Å².